The van der Waals surface area contributed by atoms with Crippen molar-refractivity contribution in [2.24, 2.45) is 0 Å². The summed E-state index contributed by atoms with van der Waals surface area (Å²) < 4.78 is 5.56. The number of non-ortho nitro benzene ring substituents is 1. The molecule has 2 aliphatic heterocycles. The number of carbonyl (C=O) groups excluding carboxylic acids is 3. The normalized spacial score (nSPS) is 20.1. The Balaban J connectivity index is 1.53. The van der Waals surface area contributed by atoms with Gasteiger partial charge in [0.2, 0.25) is 5.91 Å². The van der Waals surface area contributed by atoms with E-state index in [1.54, 1.807) is 24.3 Å². The minimum absolute atomic E-state index is 0.185. The van der Waals surface area contributed by atoms with Crippen molar-refractivity contribution >= 4 is 29.2 Å². The number of urea groups is 1. The van der Waals surface area contributed by atoms with Crippen molar-refractivity contribution in [2.75, 3.05) is 18.5 Å². The van der Waals surface area contributed by atoms with Gasteiger partial charge in [-0.25, -0.2) is 4.79 Å². The van der Waals surface area contributed by atoms with E-state index < -0.39 is 34.9 Å². The zero-order chi connectivity index (χ0) is 20.6. The summed E-state index contributed by atoms with van der Waals surface area (Å²) in [6.45, 7) is -0.269. The Morgan fingerprint density at radius 3 is 2.83 bits per heavy atom. The zero-order valence-electron chi connectivity index (χ0n) is 15.1. The van der Waals surface area contributed by atoms with Gasteiger partial charge in [-0.1, -0.05) is 24.3 Å². The van der Waals surface area contributed by atoms with Crippen molar-refractivity contribution < 1.29 is 24.0 Å². The molecule has 0 bridgehead atoms. The molecule has 4 amide bonds. The number of nitrogens with one attached hydrogen (secondary N) is 2. The first-order valence-corrected chi connectivity index (χ1v) is 8.81. The Kier molecular flexibility index (Phi) is 4.38. The molecular formula is C19H16N4O6. The molecule has 10 heteroatoms. The fraction of sp³-hybridized carbons (Fsp3) is 0.211. The van der Waals surface area contributed by atoms with Gasteiger partial charge in [0.05, 0.1) is 11.5 Å². The van der Waals surface area contributed by atoms with Gasteiger partial charge in [-0.3, -0.25) is 24.6 Å². The lowest BCUT2D eigenvalue weighted by molar-refractivity contribution is -0.384. The van der Waals surface area contributed by atoms with E-state index in [0.717, 1.165) is 4.90 Å². The number of nitro groups is 1. The molecule has 2 aromatic rings. The minimum atomic E-state index is -1.27. The standard InChI is InChI=1S/C19H16N4O6/c24-16(20-12-4-3-5-13(10-12)23(27)28)11-22-17(25)19(21-18(22)26)8-9-29-15-7-2-1-6-14(15)19/h1-7,10H,8-9,11H2,(H,20,24)(H,21,26)/t19-/m1/s1. The highest BCUT2D eigenvalue weighted by Crippen LogP contribution is 2.40. The lowest BCUT2D eigenvalue weighted by Gasteiger charge is -2.33. The van der Waals surface area contributed by atoms with Crippen molar-refractivity contribution in [3.05, 3.63) is 64.2 Å². The van der Waals surface area contributed by atoms with E-state index in [1.807, 2.05) is 0 Å². The number of carbonyl (C=O) groups is 3. The van der Waals surface area contributed by atoms with Crippen molar-refractivity contribution in [1.29, 1.82) is 0 Å². The Morgan fingerprint density at radius 1 is 1.24 bits per heavy atom. The smallest absolute Gasteiger partial charge is 0.325 e. The summed E-state index contributed by atoms with van der Waals surface area (Å²) in [5, 5.41) is 16.0. The molecule has 0 radical (unpaired) electrons. The molecule has 1 atom stereocenters. The SMILES string of the molecule is O=C(CN1C(=O)N[C@@]2(CCOc3ccccc32)C1=O)Nc1cccc([N+](=O)[O-])c1. The largest absolute Gasteiger partial charge is 0.493 e. The van der Waals surface area contributed by atoms with Crippen LogP contribution in [0.25, 0.3) is 0 Å². The third-order valence-corrected chi connectivity index (χ3v) is 4.90. The second-order valence-corrected chi connectivity index (χ2v) is 6.68. The van der Waals surface area contributed by atoms with Gasteiger partial charge in [0.25, 0.3) is 11.6 Å². The third kappa shape index (κ3) is 3.14. The molecule has 0 aromatic heterocycles. The molecule has 2 heterocycles. The molecule has 2 aromatic carbocycles. The van der Waals surface area contributed by atoms with E-state index in [1.165, 1.54) is 24.3 Å². The highest BCUT2D eigenvalue weighted by Gasteiger charge is 2.55. The van der Waals surface area contributed by atoms with Crippen LogP contribution in [-0.2, 0) is 15.1 Å². The van der Waals surface area contributed by atoms with E-state index in [-0.39, 0.29) is 24.4 Å². The van der Waals surface area contributed by atoms with Crippen LogP contribution in [0.2, 0.25) is 0 Å². The molecule has 0 aliphatic carbocycles. The minimum Gasteiger partial charge on any atom is -0.493 e. The van der Waals surface area contributed by atoms with Gasteiger partial charge in [-0.15, -0.1) is 0 Å². The molecule has 4 rings (SSSR count). The quantitative estimate of drug-likeness (QED) is 0.460. The number of amides is 4. The lowest BCUT2D eigenvalue weighted by Crippen LogP contribution is -2.48. The Labute approximate surface area is 164 Å². The van der Waals surface area contributed by atoms with Crippen LogP contribution in [0.3, 0.4) is 0 Å². The van der Waals surface area contributed by atoms with Crippen LogP contribution in [0.4, 0.5) is 16.2 Å². The predicted molar refractivity (Wildman–Crippen MR) is 100 cm³/mol. The summed E-state index contributed by atoms with van der Waals surface area (Å²) in [5.41, 5.74) is -0.707. The van der Waals surface area contributed by atoms with Crippen LogP contribution in [0, 0.1) is 10.1 Å². The maximum atomic E-state index is 13.1. The molecule has 1 saturated heterocycles. The van der Waals surface area contributed by atoms with Crippen LogP contribution in [-0.4, -0.2) is 40.8 Å². The first-order valence-electron chi connectivity index (χ1n) is 8.81. The highest BCUT2D eigenvalue weighted by atomic mass is 16.6. The number of imide groups is 1. The van der Waals surface area contributed by atoms with Gasteiger partial charge < -0.3 is 15.4 Å². The fourth-order valence-electron chi connectivity index (χ4n) is 3.56. The van der Waals surface area contributed by atoms with Gasteiger partial charge in [0.1, 0.15) is 12.3 Å². The maximum absolute atomic E-state index is 13.1. The first-order chi connectivity index (χ1) is 13.9. The number of nitro benzene ring substituents is 1. The molecular weight excluding hydrogens is 380 g/mol. The van der Waals surface area contributed by atoms with E-state index in [9.17, 15) is 24.5 Å². The Hall–Kier alpha value is -3.95. The second kappa shape index (κ2) is 6.89. The molecule has 0 unspecified atom stereocenters. The van der Waals surface area contributed by atoms with Gasteiger partial charge in [-0.05, 0) is 12.1 Å². The molecule has 2 N–H and O–H groups in total. The summed E-state index contributed by atoms with van der Waals surface area (Å²) in [6, 6.07) is 11.6. The maximum Gasteiger partial charge on any atom is 0.325 e. The van der Waals surface area contributed by atoms with E-state index in [2.05, 4.69) is 10.6 Å². The zero-order valence-corrected chi connectivity index (χ0v) is 15.1. The topological polar surface area (TPSA) is 131 Å². The van der Waals surface area contributed by atoms with Crippen LogP contribution < -0.4 is 15.4 Å². The van der Waals surface area contributed by atoms with Crippen LogP contribution in [0.15, 0.2) is 48.5 Å². The van der Waals surface area contributed by atoms with E-state index in [0.29, 0.717) is 11.3 Å². The summed E-state index contributed by atoms with van der Waals surface area (Å²) in [4.78, 5) is 49.1. The number of nitrogens with zero attached hydrogens (tertiary/aromatic N) is 2. The second-order valence-electron chi connectivity index (χ2n) is 6.68. The highest BCUT2D eigenvalue weighted by molar-refractivity contribution is 6.10. The predicted octanol–water partition coefficient (Wildman–Crippen LogP) is 1.76. The van der Waals surface area contributed by atoms with Gasteiger partial charge in [0, 0.05) is 29.8 Å². The summed E-state index contributed by atoms with van der Waals surface area (Å²) in [7, 11) is 0. The third-order valence-electron chi connectivity index (χ3n) is 4.90. The van der Waals surface area contributed by atoms with Crippen molar-refractivity contribution in [3.8, 4) is 5.75 Å². The number of anilines is 1. The van der Waals surface area contributed by atoms with Crippen molar-refractivity contribution in [3.63, 3.8) is 0 Å². The number of para-hydroxylation sites is 1. The van der Waals surface area contributed by atoms with Crippen LogP contribution in [0.1, 0.15) is 12.0 Å². The average Bonchev–Trinajstić information content (AvgIpc) is 2.93. The van der Waals surface area contributed by atoms with Crippen LogP contribution in [0.5, 0.6) is 5.75 Å². The molecule has 2 aliphatic rings. The number of fused-ring (bicyclic) bond motifs is 2. The first kappa shape index (κ1) is 18.4. The molecule has 1 spiro atoms. The van der Waals surface area contributed by atoms with Gasteiger partial charge in [0.15, 0.2) is 5.54 Å². The number of rotatable bonds is 4. The summed E-state index contributed by atoms with van der Waals surface area (Å²) >= 11 is 0. The monoisotopic (exact) mass is 396 g/mol. The number of benzene rings is 2. The van der Waals surface area contributed by atoms with Crippen LogP contribution >= 0.6 is 0 Å². The fourth-order valence-corrected chi connectivity index (χ4v) is 3.56. The molecule has 148 valence electrons. The molecule has 29 heavy (non-hydrogen) atoms. The lowest BCUT2D eigenvalue weighted by atomic mass is 9.84. The van der Waals surface area contributed by atoms with Gasteiger partial charge in [-0.2, -0.15) is 0 Å². The Morgan fingerprint density at radius 2 is 2.03 bits per heavy atom. The molecule has 10 nitrogen and oxygen atoms in total. The summed E-state index contributed by atoms with van der Waals surface area (Å²) in [6.07, 6.45) is 0.248. The van der Waals surface area contributed by atoms with E-state index >= 15 is 0 Å². The summed E-state index contributed by atoms with van der Waals surface area (Å²) in [5.74, 6) is -0.672. The number of hydrogen-bond donors (Lipinski definition) is 2. The van der Waals surface area contributed by atoms with Crippen molar-refractivity contribution in [1.82, 2.24) is 10.2 Å². The number of ether oxygens (including phenoxy) is 1. The average molecular weight is 396 g/mol. The Bertz CT molecular complexity index is 1040. The van der Waals surface area contributed by atoms with E-state index in [4.69, 9.17) is 4.74 Å². The number of hydrogen-bond acceptors (Lipinski definition) is 6. The molecule has 1 fully saturated rings. The van der Waals surface area contributed by atoms with Crippen molar-refractivity contribution in [2.45, 2.75) is 12.0 Å². The van der Waals surface area contributed by atoms with Gasteiger partial charge >= 0.3 is 6.03 Å². The molecule has 0 saturated carbocycles.